The average Bonchev–Trinajstić information content (AvgIpc) is 2.85. The molecule has 2 N–H and O–H groups in total. The molecule has 0 atom stereocenters. The number of rotatable bonds is 4. The fourth-order valence-corrected chi connectivity index (χ4v) is 4.34. The van der Waals surface area contributed by atoms with Gasteiger partial charge in [0.25, 0.3) is 5.56 Å². The van der Waals surface area contributed by atoms with Crippen LogP contribution in [0, 0.1) is 12.3 Å². The highest BCUT2D eigenvalue weighted by molar-refractivity contribution is 7.99. The van der Waals surface area contributed by atoms with Gasteiger partial charge in [0.05, 0.1) is 16.3 Å². The van der Waals surface area contributed by atoms with E-state index in [1.165, 1.54) is 17.4 Å². The number of carbonyl (C=O) groups is 2. The van der Waals surface area contributed by atoms with E-state index >= 15 is 0 Å². The molecule has 2 aromatic rings. The summed E-state index contributed by atoms with van der Waals surface area (Å²) in [4.78, 5) is 47.5. The van der Waals surface area contributed by atoms with Crippen LogP contribution in [0.3, 0.4) is 0 Å². The molecular formula is C16H18N4O3S2. The smallest absolute Gasteiger partial charge is 0.251 e. The number of nitrogens with zero attached hydrogens (tertiary/aromatic N) is 2. The van der Waals surface area contributed by atoms with Gasteiger partial charge in [-0.2, -0.15) is 0 Å². The van der Waals surface area contributed by atoms with Crippen molar-refractivity contribution in [3.8, 4) is 0 Å². The van der Waals surface area contributed by atoms with Crippen molar-refractivity contribution < 1.29 is 9.59 Å². The molecule has 9 heteroatoms. The lowest BCUT2D eigenvalue weighted by Gasteiger charge is -2.26. The highest BCUT2D eigenvalue weighted by Gasteiger charge is 2.34. The second-order valence-corrected chi connectivity index (χ2v) is 8.73. The Hall–Kier alpha value is -2.00. The van der Waals surface area contributed by atoms with E-state index < -0.39 is 0 Å². The van der Waals surface area contributed by atoms with Crippen LogP contribution in [0.2, 0.25) is 0 Å². The Kier molecular flexibility index (Phi) is 4.79. The van der Waals surface area contributed by atoms with E-state index in [2.05, 4.69) is 20.3 Å². The molecule has 0 radical (unpaired) electrons. The van der Waals surface area contributed by atoms with Crippen LogP contribution in [0.5, 0.6) is 0 Å². The Morgan fingerprint density at radius 3 is 2.84 bits per heavy atom. The van der Waals surface area contributed by atoms with Gasteiger partial charge in [0.15, 0.2) is 16.1 Å². The molecule has 25 heavy (non-hydrogen) atoms. The zero-order chi connectivity index (χ0) is 18.2. The van der Waals surface area contributed by atoms with E-state index in [1.54, 1.807) is 6.92 Å². The van der Waals surface area contributed by atoms with Crippen LogP contribution in [0.25, 0.3) is 0 Å². The quantitative estimate of drug-likeness (QED) is 0.625. The zero-order valence-electron chi connectivity index (χ0n) is 14.1. The number of Topliss-reactive ketones (excluding diaryl/α,β-unsaturated/α-hetero) is 1. The number of amides is 1. The first-order chi connectivity index (χ1) is 11.7. The second-order valence-electron chi connectivity index (χ2n) is 6.76. The number of ketones is 1. The van der Waals surface area contributed by atoms with E-state index in [-0.39, 0.29) is 28.4 Å². The van der Waals surface area contributed by atoms with Gasteiger partial charge in [-0.3, -0.25) is 14.4 Å². The summed E-state index contributed by atoms with van der Waals surface area (Å²) in [6, 6.07) is 1.39. The Bertz CT molecular complexity index is 901. The standard InChI is InChI=1S/C16H18N4O3S2/c1-8-4-11(22)19-14(17-8)24-7-12(23)20-15-18-9-5-16(2,3)6-10(21)13(9)25-15/h4H,5-7H2,1-3H3,(H,17,19,22)(H,18,20,23). The molecule has 0 unspecified atom stereocenters. The molecule has 0 saturated heterocycles. The van der Waals surface area contributed by atoms with E-state index in [0.29, 0.717) is 27.3 Å². The van der Waals surface area contributed by atoms with Crippen LogP contribution < -0.4 is 10.9 Å². The van der Waals surface area contributed by atoms with Crippen molar-refractivity contribution >= 4 is 39.9 Å². The van der Waals surface area contributed by atoms with Crippen LogP contribution in [0.1, 0.15) is 41.3 Å². The topological polar surface area (TPSA) is 105 Å². The first-order valence-electron chi connectivity index (χ1n) is 7.75. The van der Waals surface area contributed by atoms with Gasteiger partial charge < -0.3 is 10.3 Å². The minimum atomic E-state index is -0.257. The summed E-state index contributed by atoms with van der Waals surface area (Å²) in [7, 11) is 0. The Balaban J connectivity index is 1.64. The maximum atomic E-state index is 12.2. The monoisotopic (exact) mass is 378 g/mol. The SMILES string of the molecule is Cc1cc(=O)[nH]c(SCC(=O)Nc2nc3c(s2)C(=O)CC(C)(C)C3)n1. The van der Waals surface area contributed by atoms with Crippen LogP contribution in [-0.4, -0.2) is 32.4 Å². The van der Waals surface area contributed by atoms with Gasteiger partial charge in [-0.15, -0.1) is 0 Å². The molecule has 7 nitrogen and oxygen atoms in total. The van der Waals surface area contributed by atoms with Gasteiger partial charge in [-0.25, -0.2) is 9.97 Å². The van der Waals surface area contributed by atoms with E-state index in [1.807, 2.05) is 13.8 Å². The summed E-state index contributed by atoms with van der Waals surface area (Å²) >= 11 is 2.37. The highest BCUT2D eigenvalue weighted by atomic mass is 32.2. The number of aryl methyl sites for hydroxylation is 1. The van der Waals surface area contributed by atoms with Gasteiger partial charge in [0.2, 0.25) is 5.91 Å². The summed E-state index contributed by atoms with van der Waals surface area (Å²) in [6.45, 7) is 5.80. The van der Waals surface area contributed by atoms with E-state index in [0.717, 1.165) is 23.9 Å². The molecule has 1 aliphatic rings. The normalized spacial score (nSPS) is 15.7. The van der Waals surface area contributed by atoms with Gasteiger partial charge in [0, 0.05) is 18.2 Å². The molecule has 2 heterocycles. The molecule has 1 amide bonds. The summed E-state index contributed by atoms with van der Waals surface area (Å²) in [5, 5.41) is 3.56. The third-order valence-electron chi connectivity index (χ3n) is 3.67. The van der Waals surface area contributed by atoms with Crippen LogP contribution in [0.15, 0.2) is 16.0 Å². The third-order valence-corrected chi connectivity index (χ3v) is 5.60. The first kappa shape index (κ1) is 17.8. The number of anilines is 1. The van der Waals surface area contributed by atoms with Crippen LogP contribution in [0.4, 0.5) is 5.13 Å². The summed E-state index contributed by atoms with van der Waals surface area (Å²) in [5.74, 6) is -0.0806. The zero-order valence-corrected chi connectivity index (χ0v) is 15.8. The first-order valence-corrected chi connectivity index (χ1v) is 9.56. The number of thioether (sulfide) groups is 1. The predicted molar refractivity (Wildman–Crippen MR) is 97.5 cm³/mol. The number of carbonyl (C=O) groups excluding carboxylic acids is 2. The van der Waals surface area contributed by atoms with Crippen molar-refractivity contribution in [3.63, 3.8) is 0 Å². The average molecular weight is 378 g/mol. The lowest BCUT2D eigenvalue weighted by Crippen LogP contribution is -2.26. The van der Waals surface area contributed by atoms with E-state index in [4.69, 9.17) is 0 Å². The lowest BCUT2D eigenvalue weighted by atomic mass is 9.78. The molecule has 0 bridgehead atoms. The van der Waals surface area contributed by atoms with Crippen molar-refractivity contribution in [3.05, 3.63) is 32.7 Å². The minimum Gasteiger partial charge on any atom is -0.301 e. The number of nitrogens with one attached hydrogen (secondary N) is 2. The molecule has 132 valence electrons. The van der Waals surface area contributed by atoms with Gasteiger partial charge in [-0.05, 0) is 18.8 Å². The number of fused-ring (bicyclic) bond motifs is 1. The van der Waals surface area contributed by atoms with Crippen LogP contribution >= 0.6 is 23.1 Å². The van der Waals surface area contributed by atoms with Crippen molar-refractivity contribution in [1.82, 2.24) is 15.0 Å². The van der Waals surface area contributed by atoms with Crippen molar-refractivity contribution in [2.45, 2.75) is 38.8 Å². The molecular weight excluding hydrogens is 360 g/mol. The molecule has 3 rings (SSSR count). The fourth-order valence-electron chi connectivity index (χ4n) is 2.68. The van der Waals surface area contributed by atoms with Gasteiger partial charge in [0.1, 0.15) is 0 Å². The van der Waals surface area contributed by atoms with Crippen molar-refractivity contribution in [2.75, 3.05) is 11.1 Å². The predicted octanol–water partition coefficient (Wildman–Crippen LogP) is 2.42. The molecule has 2 aromatic heterocycles. The number of hydrogen-bond acceptors (Lipinski definition) is 7. The number of H-pyrrole nitrogens is 1. The van der Waals surface area contributed by atoms with Gasteiger partial charge >= 0.3 is 0 Å². The molecule has 0 aromatic carbocycles. The number of aromatic amines is 1. The lowest BCUT2D eigenvalue weighted by molar-refractivity contribution is -0.113. The Morgan fingerprint density at radius 1 is 1.36 bits per heavy atom. The largest absolute Gasteiger partial charge is 0.301 e. The highest BCUT2D eigenvalue weighted by Crippen LogP contribution is 2.38. The summed E-state index contributed by atoms with van der Waals surface area (Å²) in [5.41, 5.74) is 1.02. The second kappa shape index (κ2) is 6.72. The van der Waals surface area contributed by atoms with Gasteiger partial charge in [-0.1, -0.05) is 36.9 Å². The molecule has 0 spiro atoms. The maximum absolute atomic E-state index is 12.2. The van der Waals surface area contributed by atoms with Crippen molar-refractivity contribution in [1.29, 1.82) is 0 Å². The molecule has 1 aliphatic carbocycles. The third kappa shape index (κ3) is 4.35. The number of aromatic nitrogens is 3. The molecule has 0 fully saturated rings. The molecule has 0 aliphatic heterocycles. The summed E-state index contributed by atoms with van der Waals surface area (Å²) < 4.78 is 0. The molecule has 0 saturated carbocycles. The van der Waals surface area contributed by atoms with Crippen molar-refractivity contribution in [2.24, 2.45) is 5.41 Å². The summed E-state index contributed by atoms with van der Waals surface area (Å²) in [6.07, 6.45) is 1.22. The fraction of sp³-hybridized carbons (Fsp3) is 0.438. The number of thiazole rings is 1. The maximum Gasteiger partial charge on any atom is 0.251 e. The minimum absolute atomic E-state index is 0.0835. The number of hydrogen-bond donors (Lipinski definition) is 2. The van der Waals surface area contributed by atoms with E-state index in [9.17, 15) is 14.4 Å². The Labute approximate surface area is 152 Å². The van der Waals surface area contributed by atoms with Crippen LogP contribution in [-0.2, 0) is 11.2 Å². The Morgan fingerprint density at radius 2 is 2.12 bits per heavy atom.